The van der Waals surface area contributed by atoms with Crippen molar-refractivity contribution in [2.75, 3.05) is 44.5 Å². The highest BCUT2D eigenvalue weighted by Gasteiger charge is 2.32. The first-order valence-electron chi connectivity index (χ1n) is 9.30. The minimum atomic E-state index is -0.0741. The summed E-state index contributed by atoms with van der Waals surface area (Å²) in [6, 6.07) is 3.89. The number of hydrogen-bond donors (Lipinski definition) is 1. The van der Waals surface area contributed by atoms with Crippen LogP contribution in [0.1, 0.15) is 24.5 Å². The average molecular weight is 386 g/mol. The Bertz CT molecular complexity index is 825. The molecular weight excluding hydrogens is 360 g/mol. The number of aromatic nitrogens is 3. The number of carbonyl (C=O) groups excluding carboxylic acids is 1. The van der Waals surface area contributed by atoms with Crippen LogP contribution in [0.25, 0.3) is 0 Å². The second kappa shape index (κ2) is 8.83. The van der Waals surface area contributed by atoms with E-state index in [-0.39, 0.29) is 24.2 Å². The Hall–Kier alpha value is -2.94. The number of nitrogen functional groups attached to an aromatic ring is 1. The molecule has 28 heavy (non-hydrogen) atoms. The molecule has 1 amide bonds. The molecule has 0 aliphatic carbocycles. The molecule has 3 heterocycles. The molecule has 3 rings (SSSR count). The molecule has 1 aliphatic heterocycles. The van der Waals surface area contributed by atoms with Gasteiger partial charge in [-0.3, -0.25) is 9.69 Å². The van der Waals surface area contributed by atoms with E-state index in [4.69, 9.17) is 15.2 Å². The maximum atomic E-state index is 12.5. The van der Waals surface area contributed by atoms with Crippen LogP contribution < -0.4 is 20.1 Å². The minimum Gasteiger partial charge on any atom is -0.476 e. The maximum absolute atomic E-state index is 12.5. The lowest BCUT2D eigenvalue weighted by molar-refractivity contribution is -0.117. The highest BCUT2D eigenvalue weighted by Crippen LogP contribution is 2.33. The van der Waals surface area contributed by atoms with E-state index in [1.54, 1.807) is 17.2 Å². The number of ether oxygens (including phenoxy) is 2. The highest BCUT2D eigenvalue weighted by molar-refractivity contribution is 6.01. The molecule has 0 bridgehead atoms. The lowest BCUT2D eigenvalue weighted by Crippen LogP contribution is -2.26. The number of nitrogens with zero attached hydrogens (tertiary/aromatic N) is 5. The Morgan fingerprint density at radius 2 is 2.04 bits per heavy atom. The van der Waals surface area contributed by atoms with Gasteiger partial charge in [-0.2, -0.15) is 9.97 Å². The van der Waals surface area contributed by atoms with Crippen LogP contribution in [0.2, 0.25) is 0 Å². The van der Waals surface area contributed by atoms with E-state index in [1.807, 2.05) is 32.0 Å². The quantitative estimate of drug-likeness (QED) is 0.687. The number of rotatable bonds is 9. The van der Waals surface area contributed by atoms with E-state index in [2.05, 4.69) is 15.0 Å². The van der Waals surface area contributed by atoms with Crippen LogP contribution in [-0.4, -0.2) is 59.6 Å². The van der Waals surface area contributed by atoms with Crippen LogP contribution in [0.15, 0.2) is 18.3 Å². The monoisotopic (exact) mass is 386 g/mol. The summed E-state index contributed by atoms with van der Waals surface area (Å²) in [4.78, 5) is 29.0. The molecular formula is C19H26N6O3. The molecule has 0 aromatic carbocycles. The summed E-state index contributed by atoms with van der Waals surface area (Å²) in [5.41, 5.74) is 7.52. The Labute approximate surface area is 164 Å². The fraction of sp³-hybridized carbons (Fsp3) is 0.474. The van der Waals surface area contributed by atoms with Crippen molar-refractivity contribution in [3.05, 3.63) is 29.5 Å². The minimum absolute atomic E-state index is 0.0741. The molecule has 150 valence electrons. The topological polar surface area (TPSA) is 107 Å². The highest BCUT2D eigenvalue weighted by atomic mass is 16.5. The van der Waals surface area contributed by atoms with Crippen molar-refractivity contribution in [1.29, 1.82) is 0 Å². The molecule has 0 atom stereocenters. The predicted molar refractivity (Wildman–Crippen MR) is 105 cm³/mol. The van der Waals surface area contributed by atoms with E-state index in [1.165, 1.54) is 0 Å². The van der Waals surface area contributed by atoms with Crippen molar-refractivity contribution in [2.24, 2.45) is 0 Å². The van der Waals surface area contributed by atoms with Gasteiger partial charge in [0.05, 0.1) is 19.6 Å². The summed E-state index contributed by atoms with van der Waals surface area (Å²) < 4.78 is 11.1. The molecule has 2 N–H and O–H groups in total. The molecule has 0 fully saturated rings. The van der Waals surface area contributed by atoms with Gasteiger partial charge in [0.2, 0.25) is 11.8 Å². The van der Waals surface area contributed by atoms with Crippen LogP contribution in [0.4, 0.5) is 11.6 Å². The molecule has 0 radical (unpaired) electrons. The van der Waals surface area contributed by atoms with Gasteiger partial charge in [-0.1, -0.05) is 13.0 Å². The maximum Gasteiger partial charge on any atom is 0.320 e. The summed E-state index contributed by atoms with van der Waals surface area (Å²) in [7, 11) is 3.97. The Morgan fingerprint density at radius 1 is 1.21 bits per heavy atom. The first kappa shape index (κ1) is 19.8. The summed E-state index contributed by atoms with van der Waals surface area (Å²) in [6.45, 7) is 4.21. The standard InChI is InChI=1S/C19H26N6O3/c1-4-8-28-19-22-17(20)14-10-16(26)25(18(14)23-19)12-13-5-6-15(21-11-13)27-9-7-24(2)3/h5-6,11H,4,7-10,12H2,1-3H3,(H2,20,22,23). The van der Waals surface area contributed by atoms with Gasteiger partial charge in [0.15, 0.2) is 0 Å². The van der Waals surface area contributed by atoms with Crippen LogP contribution in [0.5, 0.6) is 11.9 Å². The lowest BCUT2D eigenvalue weighted by atomic mass is 10.2. The smallest absolute Gasteiger partial charge is 0.320 e. The third kappa shape index (κ3) is 4.66. The SMILES string of the molecule is CCCOc1nc(N)c2c(n1)N(Cc1ccc(OCCN(C)C)nc1)C(=O)C2. The molecule has 1 aliphatic rings. The number of fused-ring (bicyclic) bond motifs is 1. The van der Waals surface area contributed by atoms with Crippen LogP contribution in [0, 0.1) is 0 Å². The Kier molecular flexibility index (Phi) is 6.25. The third-order valence-electron chi connectivity index (χ3n) is 4.24. The molecule has 2 aromatic rings. The molecule has 0 unspecified atom stereocenters. The third-order valence-corrected chi connectivity index (χ3v) is 4.24. The van der Waals surface area contributed by atoms with Gasteiger partial charge in [-0.05, 0) is 26.1 Å². The molecule has 0 saturated carbocycles. The molecule has 9 heteroatoms. The van der Waals surface area contributed by atoms with Crippen LogP contribution in [-0.2, 0) is 17.8 Å². The van der Waals surface area contributed by atoms with E-state index in [9.17, 15) is 4.79 Å². The van der Waals surface area contributed by atoms with Crippen molar-refractivity contribution < 1.29 is 14.3 Å². The van der Waals surface area contributed by atoms with Crippen LogP contribution >= 0.6 is 0 Å². The zero-order chi connectivity index (χ0) is 20.1. The second-order valence-electron chi connectivity index (χ2n) is 6.86. The Morgan fingerprint density at radius 3 is 2.71 bits per heavy atom. The fourth-order valence-corrected chi connectivity index (χ4v) is 2.75. The summed E-state index contributed by atoms with van der Waals surface area (Å²) in [5.74, 6) is 1.28. The summed E-state index contributed by atoms with van der Waals surface area (Å²) >= 11 is 0. The number of nitrogens with two attached hydrogens (primary N) is 1. The lowest BCUT2D eigenvalue weighted by Gasteiger charge is -2.17. The molecule has 0 spiro atoms. The van der Waals surface area contributed by atoms with Crippen molar-refractivity contribution >= 4 is 17.5 Å². The van der Waals surface area contributed by atoms with Crippen LogP contribution in [0.3, 0.4) is 0 Å². The fourth-order valence-electron chi connectivity index (χ4n) is 2.75. The average Bonchev–Trinajstić information content (AvgIpc) is 2.97. The van der Waals surface area contributed by atoms with E-state index in [0.29, 0.717) is 37.0 Å². The zero-order valence-electron chi connectivity index (χ0n) is 16.5. The summed E-state index contributed by atoms with van der Waals surface area (Å²) in [6.07, 6.45) is 2.72. The number of carbonyl (C=O) groups is 1. The largest absolute Gasteiger partial charge is 0.476 e. The number of pyridine rings is 1. The van der Waals surface area contributed by atoms with Crippen molar-refractivity contribution in [3.8, 4) is 11.9 Å². The van der Waals surface area contributed by atoms with E-state index < -0.39 is 0 Å². The summed E-state index contributed by atoms with van der Waals surface area (Å²) in [5, 5.41) is 0. The van der Waals surface area contributed by atoms with Gasteiger partial charge in [-0.15, -0.1) is 0 Å². The first-order valence-corrected chi connectivity index (χ1v) is 9.30. The second-order valence-corrected chi connectivity index (χ2v) is 6.86. The van der Waals surface area contributed by atoms with Gasteiger partial charge < -0.3 is 20.1 Å². The van der Waals surface area contributed by atoms with Gasteiger partial charge >= 0.3 is 6.01 Å². The van der Waals surface area contributed by atoms with Gasteiger partial charge in [0, 0.05) is 24.4 Å². The van der Waals surface area contributed by atoms with Crippen molar-refractivity contribution in [3.63, 3.8) is 0 Å². The van der Waals surface area contributed by atoms with Gasteiger partial charge in [0.1, 0.15) is 18.2 Å². The first-order chi connectivity index (χ1) is 13.5. The molecule has 0 saturated heterocycles. The number of likely N-dealkylation sites (N-methyl/N-ethyl adjacent to an activating group) is 1. The molecule has 2 aromatic heterocycles. The van der Waals surface area contributed by atoms with E-state index >= 15 is 0 Å². The van der Waals surface area contributed by atoms with Gasteiger partial charge in [-0.25, -0.2) is 4.98 Å². The number of hydrogen-bond acceptors (Lipinski definition) is 8. The number of anilines is 2. The van der Waals surface area contributed by atoms with Crippen molar-refractivity contribution in [2.45, 2.75) is 26.3 Å². The van der Waals surface area contributed by atoms with Crippen molar-refractivity contribution in [1.82, 2.24) is 19.9 Å². The number of amides is 1. The normalized spacial score (nSPS) is 13.1. The molecule has 9 nitrogen and oxygen atoms in total. The van der Waals surface area contributed by atoms with E-state index in [0.717, 1.165) is 18.5 Å². The Balaban J connectivity index is 1.71. The predicted octanol–water partition coefficient (Wildman–Crippen LogP) is 1.27. The van der Waals surface area contributed by atoms with Gasteiger partial charge in [0.25, 0.3) is 0 Å². The zero-order valence-corrected chi connectivity index (χ0v) is 16.5.